The van der Waals surface area contributed by atoms with E-state index in [4.69, 9.17) is 4.12 Å². The molecule has 11 heavy (non-hydrogen) atoms. The molecule has 0 aromatic carbocycles. The minimum Gasteiger partial charge on any atom is -0.460 e. The molecule has 68 valence electrons. The second-order valence-electron chi connectivity index (χ2n) is 3.93. The average Bonchev–Trinajstić information content (AvgIpc) is 1.87. The van der Waals surface area contributed by atoms with E-state index in [1.54, 1.807) is 0 Å². The summed E-state index contributed by atoms with van der Waals surface area (Å²) in [7, 11) is -1.56. The first-order valence-electron chi connectivity index (χ1n) is 4.59. The maximum Gasteiger partial charge on any atom is 0.181 e. The van der Waals surface area contributed by atoms with Crippen molar-refractivity contribution in [2.45, 2.75) is 51.9 Å². The van der Waals surface area contributed by atoms with Gasteiger partial charge in [0.15, 0.2) is 8.32 Å². The third-order valence-corrected chi connectivity index (χ3v) is 11.0. The summed E-state index contributed by atoms with van der Waals surface area (Å²) in [6, 6.07) is 0. The summed E-state index contributed by atoms with van der Waals surface area (Å²) in [6.45, 7) is 13.8. The van der Waals surface area contributed by atoms with Gasteiger partial charge in [0, 0.05) is 0 Å². The number of hydrogen-bond acceptors (Lipinski definition) is 1. The van der Waals surface area contributed by atoms with Crippen molar-refractivity contribution in [2.24, 2.45) is 0 Å². The summed E-state index contributed by atoms with van der Waals surface area (Å²) in [5.74, 6) is 0. The van der Waals surface area contributed by atoms with Gasteiger partial charge in [0.25, 0.3) is 0 Å². The van der Waals surface area contributed by atoms with Gasteiger partial charge in [-0.1, -0.05) is 34.2 Å². The quantitative estimate of drug-likeness (QED) is 0.619. The molecule has 0 aromatic rings. The van der Waals surface area contributed by atoms with Crippen molar-refractivity contribution >= 4 is 18.1 Å². The van der Waals surface area contributed by atoms with Gasteiger partial charge in [-0.15, -0.1) is 0 Å². The Bertz CT molecular complexity index is 105. The van der Waals surface area contributed by atoms with Crippen molar-refractivity contribution in [1.29, 1.82) is 0 Å². The minimum absolute atomic E-state index is 0.214. The van der Waals surface area contributed by atoms with Crippen LogP contribution in [0.25, 0.3) is 0 Å². The zero-order valence-electron chi connectivity index (χ0n) is 8.77. The van der Waals surface area contributed by atoms with Crippen molar-refractivity contribution in [1.82, 2.24) is 0 Å². The maximum absolute atomic E-state index is 6.03. The molecule has 1 nitrogen and oxygen atoms in total. The monoisotopic (exact) mass is 190 g/mol. The van der Waals surface area contributed by atoms with E-state index < -0.39 is 8.32 Å². The molecule has 0 aliphatic heterocycles. The molecule has 0 N–H and O–H groups in total. The van der Waals surface area contributed by atoms with E-state index in [0.29, 0.717) is 0 Å². The lowest BCUT2D eigenvalue weighted by Gasteiger charge is -2.35. The lowest BCUT2D eigenvalue weighted by Crippen LogP contribution is -2.41. The highest BCUT2D eigenvalue weighted by atomic mass is 28.4. The predicted octanol–water partition coefficient (Wildman–Crippen LogP) is 2.53. The van der Waals surface area contributed by atoms with Crippen molar-refractivity contribution in [3.63, 3.8) is 0 Å². The lowest BCUT2D eigenvalue weighted by atomic mass is 10.5. The van der Waals surface area contributed by atoms with Gasteiger partial charge >= 0.3 is 0 Å². The first-order chi connectivity index (χ1) is 4.95. The van der Waals surface area contributed by atoms with E-state index in [1.165, 1.54) is 0 Å². The van der Waals surface area contributed by atoms with Crippen LogP contribution in [0.2, 0.25) is 24.2 Å². The SMILES string of the molecule is C[SiH2]O[Si](C)(C(C)C)C(C)C. The molecule has 0 aliphatic rings. The Labute approximate surface area is 74.6 Å². The van der Waals surface area contributed by atoms with Gasteiger partial charge in [0.05, 0.1) is 0 Å². The lowest BCUT2D eigenvalue weighted by molar-refractivity contribution is 0.540. The van der Waals surface area contributed by atoms with Crippen molar-refractivity contribution in [2.75, 3.05) is 0 Å². The molecule has 0 aromatic heterocycles. The average molecular weight is 190 g/mol. The molecule has 3 heteroatoms. The van der Waals surface area contributed by atoms with Crippen LogP contribution in [0, 0.1) is 0 Å². The van der Waals surface area contributed by atoms with Crippen LogP contribution in [-0.4, -0.2) is 18.1 Å². The molecule has 0 amide bonds. The predicted molar refractivity (Wildman–Crippen MR) is 57.3 cm³/mol. The Morgan fingerprint density at radius 1 is 1.09 bits per heavy atom. The van der Waals surface area contributed by atoms with Gasteiger partial charge in [0.1, 0.15) is 9.76 Å². The number of rotatable bonds is 4. The molecule has 0 heterocycles. The fourth-order valence-electron chi connectivity index (χ4n) is 1.31. The van der Waals surface area contributed by atoms with E-state index in [1.807, 2.05) is 0 Å². The zero-order valence-corrected chi connectivity index (χ0v) is 11.2. The van der Waals surface area contributed by atoms with Gasteiger partial charge < -0.3 is 4.12 Å². The number of hydrogen-bond donors (Lipinski definition) is 0. The zero-order chi connectivity index (χ0) is 9.07. The topological polar surface area (TPSA) is 9.23 Å². The van der Waals surface area contributed by atoms with Crippen LogP contribution in [0.4, 0.5) is 0 Å². The molecular weight excluding hydrogens is 168 g/mol. The second-order valence-corrected chi connectivity index (χ2v) is 10.3. The van der Waals surface area contributed by atoms with Crippen LogP contribution >= 0.6 is 0 Å². The molecular formula is C8H22OSi2. The van der Waals surface area contributed by atoms with Crippen molar-refractivity contribution < 1.29 is 4.12 Å². The first-order valence-corrected chi connectivity index (χ1v) is 9.14. The molecule has 0 bridgehead atoms. The van der Waals surface area contributed by atoms with E-state index in [-0.39, 0.29) is 9.76 Å². The molecule has 0 atom stereocenters. The van der Waals surface area contributed by atoms with E-state index in [9.17, 15) is 0 Å². The van der Waals surface area contributed by atoms with E-state index >= 15 is 0 Å². The standard InChI is InChI=1S/C8H22OSi2/c1-7(2)11(6,8(3)4)9-10-5/h7-8H,10H2,1-6H3. The van der Waals surface area contributed by atoms with E-state index in [2.05, 4.69) is 40.8 Å². The summed E-state index contributed by atoms with van der Waals surface area (Å²) < 4.78 is 6.03. The third kappa shape index (κ3) is 2.72. The Hall–Kier alpha value is 0.394. The second kappa shape index (κ2) is 4.43. The highest BCUT2D eigenvalue weighted by molar-refractivity contribution is 6.78. The summed E-state index contributed by atoms with van der Waals surface area (Å²) in [6.07, 6.45) is 0. The third-order valence-electron chi connectivity index (χ3n) is 2.75. The minimum atomic E-state index is -1.34. The molecule has 0 rings (SSSR count). The van der Waals surface area contributed by atoms with Crippen LogP contribution in [0.3, 0.4) is 0 Å². The van der Waals surface area contributed by atoms with Crippen molar-refractivity contribution in [3.8, 4) is 0 Å². The molecule has 0 radical (unpaired) electrons. The molecule has 0 fully saturated rings. The smallest absolute Gasteiger partial charge is 0.181 e. The Kier molecular flexibility index (Phi) is 4.59. The molecule has 0 aliphatic carbocycles. The maximum atomic E-state index is 6.03. The van der Waals surface area contributed by atoms with Gasteiger partial charge in [0.2, 0.25) is 0 Å². The molecule has 0 unspecified atom stereocenters. The highest BCUT2D eigenvalue weighted by Crippen LogP contribution is 2.32. The Morgan fingerprint density at radius 3 is 1.55 bits per heavy atom. The van der Waals surface area contributed by atoms with Crippen LogP contribution < -0.4 is 0 Å². The fourth-order valence-corrected chi connectivity index (χ4v) is 7.80. The van der Waals surface area contributed by atoms with Gasteiger partial charge in [-0.05, 0) is 17.6 Å². The van der Waals surface area contributed by atoms with Crippen LogP contribution in [-0.2, 0) is 4.12 Å². The summed E-state index contributed by atoms with van der Waals surface area (Å²) in [5.41, 5.74) is 1.52. The summed E-state index contributed by atoms with van der Waals surface area (Å²) >= 11 is 0. The normalized spacial score (nSPS) is 14.2. The van der Waals surface area contributed by atoms with Gasteiger partial charge in [-0.2, -0.15) is 0 Å². The Balaban J connectivity index is 4.26. The molecule has 0 spiro atoms. The highest BCUT2D eigenvalue weighted by Gasteiger charge is 2.35. The first kappa shape index (κ1) is 11.4. The molecule has 0 saturated carbocycles. The Morgan fingerprint density at radius 2 is 1.45 bits per heavy atom. The van der Waals surface area contributed by atoms with Crippen LogP contribution in [0.15, 0.2) is 0 Å². The van der Waals surface area contributed by atoms with Gasteiger partial charge in [-0.25, -0.2) is 0 Å². The molecule has 0 saturated heterocycles. The largest absolute Gasteiger partial charge is 0.460 e. The summed E-state index contributed by atoms with van der Waals surface area (Å²) in [5, 5.41) is 0. The van der Waals surface area contributed by atoms with Crippen LogP contribution in [0.1, 0.15) is 27.7 Å². The van der Waals surface area contributed by atoms with Crippen LogP contribution in [0.5, 0.6) is 0 Å². The fraction of sp³-hybridized carbons (Fsp3) is 1.00. The van der Waals surface area contributed by atoms with E-state index in [0.717, 1.165) is 11.1 Å². The summed E-state index contributed by atoms with van der Waals surface area (Å²) in [4.78, 5) is 0. The van der Waals surface area contributed by atoms with Crippen molar-refractivity contribution in [3.05, 3.63) is 0 Å². The van der Waals surface area contributed by atoms with Gasteiger partial charge in [-0.3, -0.25) is 0 Å².